The smallest absolute Gasteiger partial charge is 0.272 e. The fourth-order valence-corrected chi connectivity index (χ4v) is 4.48. The summed E-state index contributed by atoms with van der Waals surface area (Å²) >= 11 is 0. The van der Waals surface area contributed by atoms with Crippen LogP contribution in [-0.2, 0) is 9.59 Å². The van der Waals surface area contributed by atoms with Gasteiger partial charge in [0.15, 0.2) is 0 Å². The Labute approximate surface area is 171 Å². The van der Waals surface area contributed by atoms with Crippen LogP contribution in [0.4, 0.5) is 0 Å². The summed E-state index contributed by atoms with van der Waals surface area (Å²) < 4.78 is 0. The molecule has 158 valence electrons. The number of aryl methyl sites for hydroxylation is 1. The third kappa shape index (κ3) is 4.58. The van der Waals surface area contributed by atoms with Gasteiger partial charge in [0.05, 0.1) is 18.6 Å². The number of carbonyl (C=O) groups is 3. The summed E-state index contributed by atoms with van der Waals surface area (Å²) in [6.45, 7) is 6.45. The summed E-state index contributed by atoms with van der Waals surface area (Å²) in [7, 11) is 0. The van der Waals surface area contributed by atoms with Crippen LogP contribution in [0.1, 0.15) is 42.9 Å². The molecule has 0 unspecified atom stereocenters. The molecule has 3 rings (SSSR count). The van der Waals surface area contributed by atoms with Crippen molar-refractivity contribution >= 4 is 17.7 Å². The highest BCUT2D eigenvalue weighted by molar-refractivity contribution is 5.96. The van der Waals surface area contributed by atoms with Gasteiger partial charge in [-0.05, 0) is 37.8 Å². The number of rotatable bonds is 6. The number of hydrogen-bond acceptors (Lipinski definition) is 5. The van der Waals surface area contributed by atoms with E-state index in [1.807, 2.05) is 17.9 Å². The summed E-state index contributed by atoms with van der Waals surface area (Å²) in [6.07, 6.45) is 1.25. The number of fused-ring (bicyclic) bond motifs is 1. The first-order chi connectivity index (χ1) is 13.8. The Morgan fingerprint density at radius 2 is 2.10 bits per heavy atom. The lowest BCUT2D eigenvalue weighted by atomic mass is 9.91. The highest BCUT2D eigenvalue weighted by atomic mass is 16.3. The number of nitrogens with zero attached hydrogens (tertiary/aromatic N) is 3. The Kier molecular flexibility index (Phi) is 6.52. The number of hydrogen-bond donors (Lipinski definition) is 2. The minimum atomic E-state index is -0.329. The number of amides is 3. The zero-order valence-electron chi connectivity index (χ0n) is 17.3. The molecule has 2 saturated heterocycles. The van der Waals surface area contributed by atoms with Crippen molar-refractivity contribution in [3.8, 4) is 0 Å². The molecule has 0 radical (unpaired) electrons. The summed E-state index contributed by atoms with van der Waals surface area (Å²) in [6, 6.07) is 4.90. The van der Waals surface area contributed by atoms with Crippen LogP contribution in [-0.4, -0.2) is 75.9 Å². The quantitative estimate of drug-likeness (QED) is 0.725. The van der Waals surface area contributed by atoms with Gasteiger partial charge >= 0.3 is 0 Å². The van der Waals surface area contributed by atoms with E-state index in [0.29, 0.717) is 24.6 Å². The molecule has 0 bridgehead atoms. The topological polar surface area (TPSA) is 103 Å². The van der Waals surface area contributed by atoms with Crippen LogP contribution in [0.15, 0.2) is 18.2 Å². The molecule has 2 aliphatic rings. The van der Waals surface area contributed by atoms with E-state index in [1.54, 1.807) is 17.0 Å². The minimum Gasteiger partial charge on any atom is -0.395 e. The van der Waals surface area contributed by atoms with E-state index in [2.05, 4.69) is 24.1 Å². The molecule has 3 atom stereocenters. The van der Waals surface area contributed by atoms with E-state index in [4.69, 9.17) is 5.11 Å². The van der Waals surface area contributed by atoms with E-state index < -0.39 is 0 Å². The number of piperazine rings is 1. The van der Waals surface area contributed by atoms with Gasteiger partial charge in [0.1, 0.15) is 12.2 Å². The summed E-state index contributed by atoms with van der Waals surface area (Å²) in [5, 5.41) is 11.8. The van der Waals surface area contributed by atoms with Crippen molar-refractivity contribution in [2.45, 2.75) is 45.7 Å². The van der Waals surface area contributed by atoms with Crippen molar-refractivity contribution in [2.75, 3.05) is 26.2 Å². The van der Waals surface area contributed by atoms with E-state index in [9.17, 15) is 14.4 Å². The maximum atomic E-state index is 13.0. The van der Waals surface area contributed by atoms with Crippen molar-refractivity contribution in [3.63, 3.8) is 0 Å². The highest BCUT2D eigenvalue weighted by Crippen LogP contribution is 2.36. The Balaban J connectivity index is 1.79. The van der Waals surface area contributed by atoms with E-state index >= 15 is 0 Å². The van der Waals surface area contributed by atoms with Crippen LogP contribution >= 0.6 is 0 Å². The number of aromatic nitrogens is 1. The molecule has 0 aromatic carbocycles. The summed E-state index contributed by atoms with van der Waals surface area (Å²) in [4.78, 5) is 46.2. The molecule has 0 spiro atoms. The van der Waals surface area contributed by atoms with Gasteiger partial charge in [0, 0.05) is 24.8 Å². The lowest BCUT2D eigenvalue weighted by Gasteiger charge is -2.40. The van der Waals surface area contributed by atoms with E-state index in [-0.39, 0.29) is 55.4 Å². The molecule has 29 heavy (non-hydrogen) atoms. The first-order valence-electron chi connectivity index (χ1n) is 10.2. The van der Waals surface area contributed by atoms with Crippen LogP contribution in [0.3, 0.4) is 0 Å². The summed E-state index contributed by atoms with van der Waals surface area (Å²) in [5.41, 5.74) is 1.08. The second kappa shape index (κ2) is 8.90. The fraction of sp³-hybridized carbons (Fsp3) is 0.619. The van der Waals surface area contributed by atoms with Gasteiger partial charge in [-0.3, -0.25) is 14.4 Å². The van der Waals surface area contributed by atoms with E-state index in [1.165, 1.54) is 0 Å². The number of nitrogens with one attached hydrogen (secondary N) is 1. The summed E-state index contributed by atoms with van der Waals surface area (Å²) in [5.74, 6) is -0.508. The minimum absolute atomic E-state index is 0.00449. The Hall–Kier alpha value is -2.48. The van der Waals surface area contributed by atoms with Crippen LogP contribution in [0.2, 0.25) is 0 Å². The number of aliphatic hydroxyl groups is 1. The van der Waals surface area contributed by atoms with E-state index in [0.717, 1.165) is 12.1 Å². The molecular formula is C21H30N4O4. The lowest BCUT2D eigenvalue weighted by Crippen LogP contribution is -2.58. The Morgan fingerprint density at radius 3 is 2.76 bits per heavy atom. The molecule has 2 aliphatic heterocycles. The van der Waals surface area contributed by atoms with Gasteiger partial charge in [-0.1, -0.05) is 19.9 Å². The molecule has 8 nitrogen and oxygen atoms in total. The second-order valence-corrected chi connectivity index (χ2v) is 8.36. The average Bonchev–Trinajstić information content (AvgIpc) is 3.03. The van der Waals surface area contributed by atoms with Gasteiger partial charge in [-0.15, -0.1) is 0 Å². The SMILES string of the molecule is Cc1cccc(C(=O)N2CC(=O)N3[C@@H](C[C@H](C(=O)NCCO)[C@@H]3CC(C)C)C2)n1. The zero-order valence-corrected chi connectivity index (χ0v) is 17.3. The normalized spacial score (nSPS) is 24.0. The molecule has 2 N–H and O–H groups in total. The van der Waals surface area contributed by atoms with Crippen molar-refractivity contribution in [1.82, 2.24) is 20.1 Å². The highest BCUT2D eigenvalue weighted by Gasteiger charge is 2.50. The molecule has 0 saturated carbocycles. The Bertz CT molecular complexity index is 782. The van der Waals surface area contributed by atoms with Crippen molar-refractivity contribution in [3.05, 3.63) is 29.6 Å². The largest absolute Gasteiger partial charge is 0.395 e. The van der Waals surface area contributed by atoms with Crippen molar-refractivity contribution in [1.29, 1.82) is 0 Å². The van der Waals surface area contributed by atoms with Crippen LogP contribution in [0.25, 0.3) is 0 Å². The maximum absolute atomic E-state index is 13.0. The van der Waals surface area contributed by atoms with Crippen LogP contribution in [0, 0.1) is 18.8 Å². The first-order valence-corrected chi connectivity index (χ1v) is 10.2. The monoisotopic (exact) mass is 402 g/mol. The van der Waals surface area contributed by atoms with Crippen molar-refractivity contribution in [2.24, 2.45) is 11.8 Å². The lowest BCUT2D eigenvalue weighted by molar-refractivity contribution is -0.140. The maximum Gasteiger partial charge on any atom is 0.272 e. The first kappa shape index (κ1) is 21.2. The second-order valence-electron chi connectivity index (χ2n) is 8.36. The third-order valence-electron chi connectivity index (χ3n) is 5.64. The molecule has 3 amide bonds. The molecule has 1 aromatic heterocycles. The number of carbonyl (C=O) groups excluding carboxylic acids is 3. The molecular weight excluding hydrogens is 372 g/mol. The number of aliphatic hydroxyl groups excluding tert-OH is 1. The molecule has 8 heteroatoms. The van der Waals surface area contributed by atoms with Crippen molar-refractivity contribution < 1.29 is 19.5 Å². The number of pyridine rings is 1. The Morgan fingerprint density at radius 1 is 1.34 bits per heavy atom. The van der Waals surface area contributed by atoms with Gasteiger partial charge in [0.25, 0.3) is 5.91 Å². The van der Waals surface area contributed by atoms with Crippen LogP contribution in [0.5, 0.6) is 0 Å². The zero-order chi connectivity index (χ0) is 21.1. The molecule has 2 fully saturated rings. The average molecular weight is 402 g/mol. The van der Waals surface area contributed by atoms with Gasteiger partial charge < -0.3 is 20.2 Å². The fourth-order valence-electron chi connectivity index (χ4n) is 4.48. The predicted molar refractivity (Wildman–Crippen MR) is 107 cm³/mol. The molecule has 0 aliphatic carbocycles. The predicted octanol–water partition coefficient (Wildman–Crippen LogP) is 0.586. The molecule has 3 heterocycles. The van der Waals surface area contributed by atoms with Gasteiger partial charge in [-0.2, -0.15) is 0 Å². The standard InChI is InChI=1S/C21H30N4O4/c1-13(2)9-18-16(20(28)22-7-8-26)10-15-11-24(12-19(27)25(15)18)21(29)17-6-4-5-14(3)23-17/h4-6,13,15-16,18,26H,7-12H2,1-3H3,(H,22,28)/t15-,16-,18-/m0/s1. The van der Waals surface area contributed by atoms with Gasteiger partial charge in [0.2, 0.25) is 11.8 Å². The third-order valence-corrected chi connectivity index (χ3v) is 5.64. The van der Waals surface area contributed by atoms with Gasteiger partial charge in [-0.25, -0.2) is 4.98 Å². The molecule has 1 aromatic rings. The van der Waals surface area contributed by atoms with Crippen LogP contribution < -0.4 is 5.32 Å².